The summed E-state index contributed by atoms with van der Waals surface area (Å²) in [6.45, 7) is 9.35. The molecule has 0 aliphatic carbocycles. The number of aliphatic carboxylic acids is 1. The van der Waals surface area contributed by atoms with Gasteiger partial charge in [-0.15, -0.1) is 0 Å². The Morgan fingerprint density at radius 1 is 0.850 bits per heavy atom. The highest BCUT2D eigenvalue weighted by molar-refractivity contribution is 5.73. The summed E-state index contributed by atoms with van der Waals surface area (Å²) in [4.78, 5) is 26.3. The molecule has 0 fully saturated rings. The average Bonchev–Trinajstić information content (AvgIpc) is 2.94. The molecule has 3 aromatic carbocycles. The fourth-order valence-corrected chi connectivity index (χ4v) is 4.40. The molecule has 1 N–H and O–H groups in total. The molecule has 7 heteroatoms. The predicted octanol–water partition coefficient (Wildman–Crippen LogP) is 6.55. The highest BCUT2D eigenvalue weighted by atomic mass is 16.6. The molecule has 40 heavy (non-hydrogen) atoms. The molecule has 0 aromatic heterocycles. The summed E-state index contributed by atoms with van der Waals surface area (Å²) in [5, 5.41) is 9.31. The van der Waals surface area contributed by atoms with E-state index in [4.69, 9.17) is 14.2 Å². The number of carboxylic acid groups (broad SMARTS) is 1. The number of hydrogen-bond acceptors (Lipinski definition) is 5. The Labute approximate surface area is 237 Å². The van der Waals surface area contributed by atoms with Crippen LogP contribution in [0.25, 0.3) is 0 Å². The predicted molar refractivity (Wildman–Crippen MR) is 156 cm³/mol. The molecule has 1 unspecified atom stereocenters. The molecule has 3 rings (SSSR count). The molecule has 214 valence electrons. The van der Waals surface area contributed by atoms with Crippen molar-refractivity contribution in [2.24, 2.45) is 0 Å². The minimum absolute atomic E-state index is 0.282. The van der Waals surface area contributed by atoms with Crippen molar-refractivity contribution >= 4 is 12.1 Å². The number of rotatable bonds is 15. The third-order valence-electron chi connectivity index (χ3n) is 6.85. The first-order chi connectivity index (χ1) is 19.3. The lowest BCUT2D eigenvalue weighted by atomic mass is 10.1. The van der Waals surface area contributed by atoms with Crippen molar-refractivity contribution in [2.45, 2.75) is 59.5 Å². The average molecular weight is 548 g/mol. The van der Waals surface area contributed by atoms with E-state index in [0.717, 1.165) is 41.5 Å². The lowest BCUT2D eigenvalue weighted by Gasteiger charge is -2.23. The topological polar surface area (TPSA) is 85.3 Å². The first kappa shape index (κ1) is 30.7. The molecular formula is C33H41NO6. The van der Waals surface area contributed by atoms with Crippen LogP contribution in [-0.4, -0.2) is 54.5 Å². The normalized spacial score (nSPS) is 11.6. The minimum Gasteiger partial charge on any atom is -0.492 e. The number of ether oxygens (including phenoxy) is 3. The summed E-state index contributed by atoms with van der Waals surface area (Å²) in [6, 6.07) is 21.6. The first-order valence-electron chi connectivity index (χ1n) is 13.9. The number of hydrogen-bond donors (Lipinski definition) is 1. The van der Waals surface area contributed by atoms with Crippen molar-refractivity contribution in [2.75, 3.05) is 26.3 Å². The number of carboxylic acids is 1. The van der Waals surface area contributed by atoms with Gasteiger partial charge in [-0.25, -0.2) is 9.59 Å². The van der Waals surface area contributed by atoms with Gasteiger partial charge in [0.15, 0.2) is 6.10 Å². The SMILES string of the molecule is CCOC(Cc1ccc(OCCN(CCCCc2ccccc2)C(=O)Oc2cc(C)c(C)cc2C)cc1)C(=O)O. The molecule has 0 heterocycles. The second kappa shape index (κ2) is 15.7. The molecule has 0 aliphatic rings. The third-order valence-corrected chi connectivity index (χ3v) is 6.85. The summed E-state index contributed by atoms with van der Waals surface area (Å²) < 4.78 is 17.1. The van der Waals surface area contributed by atoms with Crippen LogP contribution < -0.4 is 9.47 Å². The van der Waals surface area contributed by atoms with Gasteiger partial charge in [-0.05, 0) is 93.0 Å². The third kappa shape index (κ3) is 9.72. The maximum atomic E-state index is 13.2. The summed E-state index contributed by atoms with van der Waals surface area (Å²) in [7, 11) is 0. The van der Waals surface area contributed by atoms with Crippen LogP contribution in [0, 0.1) is 20.8 Å². The van der Waals surface area contributed by atoms with Gasteiger partial charge in [0.2, 0.25) is 0 Å². The van der Waals surface area contributed by atoms with Crippen LogP contribution in [0.4, 0.5) is 4.79 Å². The highest BCUT2D eigenvalue weighted by Crippen LogP contribution is 2.23. The molecule has 0 bridgehead atoms. The van der Waals surface area contributed by atoms with Crippen molar-refractivity contribution in [3.63, 3.8) is 0 Å². The number of carbonyl (C=O) groups excluding carboxylic acids is 1. The highest BCUT2D eigenvalue weighted by Gasteiger charge is 2.19. The Morgan fingerprint density at radius 2 is 1.55 bits per heavy atom. The van der Waals surface area contributed by atoms with Gasteiger partial charge < -0.3 is 24.2 Å². The van der Waals surface area contributed by atoms with E-state index in [9.17, 15) is 14.7 Å². The number of unbranched alkanes of at least 4 members (excludes halogenated alkanes) is 1. The standard InChI is InChI=1S/C33H41NO6/c1-5-38-31(32(35)36)23-28-14-16-29(17-15-28)39-20-19-34(18-10-9-13-27-11-7-6-8-12-27)33(37)40-30-22-25(3)24(2)21-26(30)4/h6-8,11-12,14-17,21-22,31H,5,9-10,13,18-20,23H2,1-4H3,(H,35,36). The first-order valence-corrected chi connectivity index (χ1v) is 13.9. The molecule has 1 amide bonds. The van der Waals surface area contributed by atoms with E-state index in [2.05, 4.69) is 12.1 Å². The number of benzene rings is 3. The fourth-order valence-electron chi connectivity index (χ4n) is 4.40. The van der Waals surface area contributed by atoms with Crippen LogP contribution in [-0.2, 0) is 22.4 Å². The second-order valence-corrected chi connectivity index (χ2v) is 9.98. The Morgan fingerprint density at radius 3 is 2.23 bits per heavy atom. The van der Waals surface area contributed by atoms with E-state index in [-0.39, 0.29) is 12.5 Å². The number of carbonyl (C=O) groups is 2. The van der Waals surface area contributed by atoms with Crippen LogP contribution >= 0.6 is 0 Å². The zero-order valence-corrected chi connectivity index (χ0v) is 24.0. The van der Waals surface area contributed by atoms with Crippen LogP contribution in [0.3, 0.4) is 0 Å². The fraction of sp³-hybridized carbons (Fsp3) is 0.394. The van der Waals surface area contributed by atoms with Crippen LogP contribution in [0.5, 0.6) is 11.5 Å². The van der Waals surface area contributed by atoms with E-state index < -0.39 is 12.1 Å². The van der Waals surface area contributed by atoms with Gasteiger partial charge in [0.25, 0.3) is 0 Å². The molecule has 0 saturated heterocycles. The maximum Gasteiger partial charge on any atom is 0.415 e. The molecule has 1 atom stereocenters. The van der Waals surface area contributed by atoms with E-state index in [1.54, 1.807) is 24.0 Å². The summed E-state index contributed by atoms with van der Waals surface area (Å²) in [5.41, 5.74) is 5.29. The lowest BCUT2D eigenvalue weighted by molar-refractivity contribution is -0.149. The monoisotopic (exact) mass is 547 g/mol. The molecule has 3 aromatic rings. The van der Waals surface area contributed by atoms with Gasteiger partial charge in [0.05, 0.1) is 6.54 Å². The van der Waals surface area contributed by atoms with Gasteiger partial charge >= 0.3 is 12.1 Å². The summed E-state index contributed by atoms with van der Waals surface area (Å²) >= 11 is 0. The quantitative estimate of drug-likeness (QED) is 0.217. The summed E-state index contributed by atoms with van der Waals surface area (Å²) in [6.07, 6.45) is 1.77. The molecule has 7 nitrogen and oxygen atoms in total. The van der Waals surface area contributed by atoms with Gasteiger partial charge in [0, 0.05) is 19.6 Å². The molecule has 0 spiro atoms. The number of aryl methyl sites for hydroxylation is 4. The number of nitrogens with zero attached hydrogens (tertiary/aromatic N) is 1. The Balaban J connectivity index is 1.58. The Hall–Kier alpha value is -3.84. The van der Waals surface area contributed by atoms with E-state index in [1.807, 2.05) is 63.2 Å². The van der Waals surface area contributed by atoms with Crippen molar-refractivity contribution in [3.8, 4) is 11.5 Å². The van der Waals surface area contributed by atoms with Gasteiger partial charge in [0.1, 0.15) is 18.1 Å². The Bertz CT molecular complexity index is 1230. The Kier molecular flexibility index (Phi) is 12.0. The number of amides is 1. The van der Waals surface area contributed by atoms with Gasteiger partial charge in [-0.3, -0.25) is 0 Å². The molecule has 0 radical (unpaired) electrons. The van der Waals surface area contributed by atoms with Crippen LogP contribution in [0.1, 0.15) is 47.6 Å². The molecule has 0 aliphatic heterocycles. The van der Waals surface area contributed by atoms with Crippen molar-refractivity contribution in [3.05, 3.63) is 94.5 Å². The second-order valence-electron chi connectivity index (χ2n) is 9.98. The molecular weight excluding hydrogens is 506 g/mol. The largest absolute Gasteiger partial charge is 0.492 e. The minimum atomic E-state index is -0.978. The van der Waals surface area contributed by atoms with Crippen molar-refractivity contribution < 1.29 is 28.9 Å². The molecule has 0 saturated carbocycles. The van der Waals surface area contributed by atoms with Crippen molar-refractivity contribution in [1.82, 2.24) is 4.90 Å². The smallest absolute Gasteiger partial charge is 0.415 e. The summed E-state index contributed by atoms with van der Waals surface area (Å²) in [5.74, 6) is 0.244. The van der Waals surface area contributed by atoms with Crippen molar-refractivity contribution in [1.29, 1.82) is 0 Å². The lowest BCUT2D eigenvalue weighted by Crippen LogP contribution is -2.37. The zero-order valence-electron chi connectivity index (χ0n) is 24.0. The maximum absolute atomic E-state index is 13.2. The van der Waals surface area contributed by atoms with Crippen LogP contribution in [0.2, 0.25) is 0 Å². The zero-order chi connectivity index (χ0) is 28.9. The van der Waals surface area contributed by atoms with Gasteiger partial charge in [-0.2, -0.15) is 0 Å². The van der Waals surface area contributed by atoms with Crippen LogP contribution in [0.15, 0.2) is 66.7 Å². The van der Waals surface area contributed by atoms with E-state index in [0.29, 0.717) is 37.8 Å². The van der Waals surface area contributed by atoms with E-state index in [1.165, 1.54) is 5.56 Å². The van der Waals surface area contributed by atoms with E-state index >= 15 is 0 Å². The van der Waals surface area contributed by atoms with Gasteiger partial charge in [-0.1, -0.05) is 48.5 Å².